The van der Waals surface area contributed by atoms with Gasteiger partial charge in [-0.3, -0.25) is 9.59 Å². The molecule has 264 valence electrons. The Morgan fingerprint density at radius 3 is 2.42 bits per heavy atom. The van der Waals surface area contributed by atoms with E-state index < -0.39 is 23.8 Å². The number of anilines is 3. The molecule has 1 aliphatic carbocycles. The van der Waals surface area contributed by atoms with Crippen LogP contribution in [0.1, 0.15) is 94.2 Å². The van der Waals surface area contributed by atoms with Crippen molar-refractivity contribution in [3.63, 3.8) is 0 Å². The molecule has 0 spiro atoms. The van der Waals surface area contributed by atoms with Gasteiger partial charge in [0.25, 0.3) is 12.3 Å². The number of amides is 2. The van der Waals surface area contributed by atoms with Crippen LogP contribution in [-0.4, -0.2) is 68.9 Å². The Hall–Kier alpha value is -4.38. The Bertz CT molecular complexity index is 1940. The number of carbonyl (C=O) groups is 2. The largest absolute Gasteiger partial charge is 0.344 e. The lowest BCUT2D eigenvalue weighted by Crippen LogP contribution is -2.57. The molecule has 11 heteroatoms. The monoisotopic (exact) mass is 683 g/mol. The number of nitrogens with one attached hydrogen (secondary N) is 2. The van der Waals surface area contributed by atoms with Crippen LogP contribution in [0.5, 0.6) is 0 Å². The topological polar surface area (TPSA) is 95.4 Å². The van der Waals surface area contributed by atoms with Crippen molar-refractivity contribution in [2.24, 2.45) is 0 Å². The zero-order valence-corrected chi connectivity index (χ0v) is 29.8. The first-order valence-electron chi connectivity index (χ1n) is 17.9. The Balaban J connectivity index is 1.24. The highest BCUT2D eigenvalue weighted by atomic mass is 19.3. The summed E-state index contributed by atoms with van der Waals surface area (Å²) in [5.74, 6) is 0.138. The van der Waals surface area contributed by atoms with Gasteiger partial charge in [-0.05, 0) is 116 Å². The van der Waals surface area contributed by atoms with Gasteiger partial charge in [0.1, 0.15) is 5.52 Å². The number of benzene rings is 2. The summed E-state index contributed by atoms with van der Waals surface area (Å²) in [5, 5.41) is 5.82. The van der Waals surface area contributed by atoms with Crippen molar-refractivity contribution in [1.82, 2.24) is 24.8 Å². The van der Waals surface area contributed by atoms with E-state index in [4.69, 9.17) is 9.97 Å². The summed E-state index contributed by atoms with van der Waals surface area (Å²) >= 11 is 0. The van der Waals surface area contributed by atoms with Gasteiger partial charge in [0.15, 0.2) is 5.82 Å². The third-order valence-electron chi connectivity index (χ3n) is 10.9. The molecule has 9 nitrogen and oxygen atoms in total. The van der Waals surface area contributed by atoms with E-state index in [1.54, 1.807) is 25.4 Å². The van der Waals surface area contributed by atoms with Crippen molar-refractivity contribution in [1.29, 1.82) is 0 Å². The van der Waals surface area contributed by atoms with Gasteiger partial charge < -0.3 is 25.0 Å². The molecule has 0 unspecified atom stereocenters. The highest BCUT2D eigenvalue weighted by Gasteiger charge is 2.50. The molecule has 2 aliphatic heterocycles. The molecule has 4 aromatic rings. The highest BCUT2D eigenvalue weighted by molar-refractivity contribution is 6.09. The number of halogens is 2. The van der Waals surface area contributed by atoms with Gasteiger partial charge in [0, 0.05) is 40.6 Å². The number of alkyl halides is 2. The Labute approximate surface area is 292 Å². The van der Waals surface area contributed by atoms with Gasteiger partial charge >= 0.3 is 0 Å². The fourth-order valence-electron chi connectivity index (χ4n) is 7.77. The molecule has 2 fully saturated rings. The van der Waals surface area contributed by atoms with E-state index in [-0.39, 0.29) is 18.0 Å². The van der Waals surface area contributed by atoms with Gasteiger partial charge in [0.2, 0.25) is 5.91 Å². The lowest BCUT2D eigenvalue weighted by molar-refractivity contribution is -0.123. The number of imidazole rings is 1. The lowest BCUT2D eigenvalue weighted by Gasteiger charge is -2.48. The fraction of sp³-hybridized carbons (Fsp3) is 0.487. The molecular weight excluding hydrogens is 636 g/mol. The minimum absolute atomic E-state index is 0.0985. The van der Waals surface area contributed by atoms with Crippen molar-refractivity contribution in [2.75, 3.05) is 23.3 Å². The number of hydrogen-bond donors (Lipinski definition) is 2. The van der Waals surface area contributed by atoms with Crippen molar-refractivity contribution >= 4 is 40.0 Å². The molecule has 7 rings (SSSR count). The second kappa shape index (κ2) is 13.1. The average molecular weight is 684 g/mol. The predicted octanol–water partition coefficient (Wildman–Crippen LogP) is 7.76. The van der Waals surface area contributed by atoms with E-state index in [0.717, 1.165) is 53.8 Å². The summed E-state index contributed by atoms with van der Waals surface area (Å²) in [6.45, 7) is 13.5. The number of fused-ring (bicyclic) bond motifs is 2. The SMILES string of the molecule is Cc1ccc(Nc2nc(-c3ccc4c(c3)N(C3CC(N5CCCCC5)C3)C(=O)C4(C)C)cc3ncn(C(C)C)c23)cc1C(=O)N[C@H](C)C(F)F. The summed E-state index contributed by atoms with van der Waals surface area (Å²) in [6, 6.07) is 13.0. The maximum absolute atomic E-state index is 13.9. The highest BCUT2D eigenvalue weighted by Crippen LogP contribution is 2.48. The number of pyridine rings is 1. The molecule has 50 heavy (non-hydrogen) atoms. The second-order valence-corrected chi connectivity index (χ2v) is 15.1. The number of piperidine rings is 1. The van der Waals surface area contributed by atoms with E-state index >= 15 is 0 Å². The van der Waals surface area contributed by atoms with Crippen LogP contribution in [0.2, 0.25) is 0 Å². The quantitative estimate of drug-likeness (QED) is 0.187. The first-order chi connectivity index (χ1) is 23.8. The standard InChI is InChI=1S/C39H47F2N7O2/c1-22(2)47-21-42-32-20-31(45-36(34(32)47)44-26-12-10-23(3)29(17-26)37(49)43-24(4)35(40)41)25-11-13-30-33(16-25)48(38(50)39(30,5)6)28-18-27(19-28)46-14-8-7-9-15-46/h10-13,16-17,20-22,24,27-28,35H,7-9,14-15,18-19H2,1-6H3,(H,43,49)(H,44,45)/t24-,27?,28?/m1/s1. The lowest BCUT2D eigenvalue weighted by atomic mass is 9.82. The molecule has 0 radical (unpaired) electrons. The number of nitrogens with zero attached hydrogens (tertiary/aromatic N) is 5. The molecule has 2 aromatic carbocycles. The second-order valence-electron chi connectivity index (χ2n) is 15.1. The number of likely N-dealkylation sites (tertiary alicyclic amines) is 1. The first-order valence-corrected chi connectivity index (χ1v) is 17.9. The van der Waals surface area contributed by atoms with Gasteiger partial charge in [0.05, 0.1) is 29.0 Å². The van der Waals surface area contributed by atoms with Crippen molar-refractivity contribution in [2.45, 2.75) is 110 Å². The van der Waals surface area contributed by atoms with Crippen LogP contribution >= 0.6 is 0 Å². The molecule has 3 aliphatic rings. The van der Waals surface area contributed by atoms with Gasteiger partial charge in [-0.25, -0.2) is 18.7 Å². The first kappa shape index (κ1) is 34.1. The van der Waals surface area contributed by atoms with Crippen LogP contribution in [-0.2, 0) is 10.2 Å². The van der Waals surface area contributed by atoms with E-state index in [9.17, 15) is 18.4 Å². The van der Waals surface area contributed by atoms with Crippen molar-refractivity contribution < 1.29 is 18.4 Å². The van der Waals surface area contributed by atoms with E-state index in [1.807, 2.05) is 36.6 Å². The van der Waals surface area contributed by atoms with Crippen LogP contribution in [0.15, 0.2) is 48.8 Å². The Morgan fingerprint density at radius 2 is 1.72 bits per heavy atom. The van der Waals surface area contributed by atoms with E-state index in [2.05, 4.69) is 46.4 Å². The van der Waals surface area contributed by atoms with Crippen LogP contribution in [0.3, 0.4) is 0 Å². The normalized spacial score (nSPS) is 21.1. The zero-order chi connectivity index (χ0) is 35.5. The fourth-order valence-corrected chi connectivity index (χ4v) is 7.77. The molecular formula is C39H47F2N7O2. The number of rotatable bonds is 9. The molecule has 4 heterocycles. The Kier molecular flexibility index (Phi) is 8.90. The number of carbonyl (C=O) groups excluding carboxylic acids is 2. The molecule has 2 aromatic heterocycles. The number of hydrogen-bond acceptors (Lipinski definition) is 6. The van der Waals surface area contributed by atoms with Crippen LogP contribution in [0, 0.1) is 6.92 Å². The van der Waals surface area contributed by atoms with Crippen molar-refractivity contribution in [3.05, 3.63) is 65.5 Å². The van der Waals surface area contributed by atoms with E-state index in [0.29, 0.717) is 34.4 Å². The minimum atomic E-state index is -2.67. The number of aryl methyl sites for hydroxylation is 1. The minimum Gasteiger partial charge on any atom is -0.344 e. The predicted molar refractivity (Wildman–Crippen MR) is 193 cm³/mol. The summed E-state index contributed by atoms with van der Waals surface area (Å²) in [5.41, 5.74) is 6.06. The summed E-state index contributed by atoms with van der Waals surface area (Å²) in [7, 11) is 0. The average Bonchev–Trinajstić information content (AvgIpc) is 3.59. The van der Waals surface area contributed by atoms with Gasteiger partial charge in [-0.2, -0.15) is 0 Å². The summed E-state index contributed by atoms with van der Waals surface area (Å²) < 4.78 is 28.5. The van der Waals surface area contributed by atoms with Gasteiger partial charge in [-0.1, -0.05) is 24.6 Å². The summed E-state index contributed by atoms with van der Waals surface area (Å²) in [6.07, 6.45) is 4.94. The van der Waals surface area contributed by atoms with Crippen LogP contribution < -0.4 is 15.5 Å². The zero-order valence-electron chi connectivity index (χ0n) is 29.8. The summed E-state index contributed by atoms with van der Waals surface area (Å²) in [4.78, 5) is 41.4. The molecule has 2 amide bonds. The maximum atomic E-state index is 13.9. The third kappa shape index (κ3) is 6.03. The maximum Gasteiger partial charge on any atom is 0.258 e. The van der Waals surface area contributed by atoms with Crippen molar-refractivity contribution in [3.8, 4) is 11.3 Å². The molecule has 1 saturated carbocycles. The Morgan fingerprint density at radius 1 is 0.980 bits per heavy atom. The number of aromatic nitrogens is 3. The molecule has 0 bridgehead atoms. The van der Waals surface area contributed by atoms with E-state index in [1.165, 1.54) is 26.2 Å². The molecule has 1 saturated heterocycles. The molecule has 2 N–H and O–H groups in total. The third-order valence-corrected chi connectivity index (χ3v) is 10.9. The van der Waals surface area contributed by atoms with Crippen LogP contribution in [0.25, 0.3) is 22.3 Å². The smallest absolute Gasteiger partial charge is 0.258 e. The molecule has 1 atom stereocenters. The van der Waals surface area contributed by atoms with Gasteiger partial charge in [-0.15, -0.1) is 0 Å². The van der Waals surface area contributed by atoms with Crippen LogP contribution in [0.4, 0.5) is 26.0 Å².